The van der Waals surface area contributed by atoms with Gasteiger partial charge >= 0.3 is 11.9 Å². The molecule has 10 heteroatoms. The highest BCUT2D eigenvalue weighted by atomic mass is 16.5. The Balaban J connectivity index is 2.03. The monoisotopic (exact) mass is 641 g/mol. The molecule has 2 heterocycles. The van der Waals surface area contributed by atoms with Gasteiger partial charge in [0.25, 0.3) is 11.1 Å². The first-order valence-corrected chi connectivity index (χ1v) is 16.7. The molecular weight excluding hydrogens is 586 g/mol. The largest absolute Gasteiger partial charge is 0.464 e. The van der Waals surface area contributed by atoms with Gasteiger partial charge in [-0.15, -0.1) is 0 Å². The SMILES string of the molecule is CCOC(=O)C(CCC(C)C)n1cc(CCN(C)CCCOC(=O)C(CCC(C)C)n2cc(CC=O)c(C)cc2=O)c(C)cc1=O. The molecule has 0 amide bonds. The number of nitrogens with zero attached hydrogens (tertiary/aromatic N) is 3. The second kappa shape index (κ2) is 19.2. The molecule has 0 aliphatic rings. The van der Waals surface area contributed by atoms with Crippen molar-refractivity contribution >= 4 is 18.2 Å². The fourth-order valence-corrected chi connectivity index (χ4v) is 5.41. The van der Waals surface area contributed by atoms with Crippen LogP contribution in [-0.4, -0.2) is 65.6 Å². The molecule has 2 unspecified atom stereocenters. The number of pyridine rings is 2. The van der Waals surface area contributed by atoms with Crippen molar-refractivity contribution in [3.05, 3.63) is 67.5 Å². The number of ether oxygens (including phenoxy) is 2. The number of esters is 2. The number of likely N-dealkylation sites (N-methyl/N-ethyl adjacent to an activating group) is 1. The van der Waals surface area contributed by atoms with Crippen molar-refractivity contribution in [3.63, 3.8) is 0 Å². The fourth-order valence-electron chi connectivity index (χ4n) is 5.41. The third kappa shape index (κ3) is 12.0. The summed E-state index contributed by atoms with van der Waals surface area (Å²) >= 11 is 0. The van der Waals surface area contributed by atoms with E-state index in [1.807, 2.05) is 14.0 Å². The summed E-state index contributed by atoms with van der Waals surface area (Å²) < 4.78 is 13.9. The standard InChI is InChI=1S/C36H55N3O7/c1-9-45-35(43)31(13-11-25(2)3)38-23-29(27(6)21-33(38)41)15-18-37(8)17-10-20-46-36(44)32(14-12-26(4)5)39-24-30(16-19-40)28(7)22-34(39)42/h19,21-26,31-32H,9-18,20H2,1-8H3. The number of aromatic nitrogens is 2. The van der Waals surface area contributed by atoms with E-state index in [9.17, 15) is 24.0 Å². The van der Waals surface area contributed by atoms with E-state index in [0.29, 0.717) is 50.6 Å². The van der Waals surface area contributed by atoms with Crippen LogP contribution in [0.5, 0.6) is 0 Å². The maximum atomic E-state index is 13.2. The van der Waals surface area contributed by atoms with Crippen LogP contribution in [0.2, 0.25) is 0 Å². The van der Waals surface area contributed by atoms with Crippen molar-refractivity contribution < 1.29 is 23.9 Å². The van der Waals surface area contributed by atoms with Crippen LogP contribution in [0, 0.1) is 25.7 Å². The van der Waals surface area contributed by atoms with Crippen molar-refractivity contribution in [2.24, 2.45) is 11.8 Å². The molecule has 0 spiro atoms. The number of carbonyl (C=O) groups excluding carboxylic acids is 3. The smallest absolute Gasteiger partial charge is 0.329 e. The number of rotatable bonds is 20. The van der Waals surface area contributed by atoms with Crippen molar-refractivity contribution in [1.29, 1.82) is 0 Å². The van der Waals surface area contributed by atoms with Crippen molar-refractivity contribution in [3.8, 4) is 0 Å². The minimum atomic E-state index is -0.753. The molecule has 0 aliphatic heterocycles. The molecule has 0 aliphatic carbocycles. The Morgan fingerprint density at radius 3 is 1.80 bits per heavy atom. The summed E-state index contributed by atoms with van der Waals surface area (Å²) in [6.07, 6.45) is 8.23. The lowest BCUT2D eigenvalue weighted by Crippen LogP contribution is -2.32. The third-order valence-electron chi connectivity index (χ3n) is 8.32. The maximum absolute atomic E-state index is 13.2. The Morgan fingerprint density at radius 2 is 1.30 bits per heavy atom. The van der Waals surface area contributed by atoms with Gasteiger partial charge in [-0.1, -0.05) is 27.7 Å². The Hall–Kier alpha value is -3.53. The summed E-state index contributed by atoms with van der Waals surface area (Å²) in [5, 5.41) is 0. The van der Waals surface area contributed by atoms with Crippen LogP contribution >= 0.6 is 0 Å². The molecule has 2 rings (SSSR count). The van der Waals surface area contributed by atoms with Crippen LogP contribution in [0.3, 0.4) is 0 Å². The van der Waals surface area contributed by atoms with E-state index in [2.05, 4.69) is 32.6 Å². The molecule has 0 saturated heterocycles. The number of hydrogen-bond donors (Lipinski definition) is 0. The minimum absolute atomic E-state index is 0.176. The Morgan fingerprint density at radius 1 is 0.804 bits per heavy atom. The van der Waals surface area contributed by atoms with E-state index in [1.165, 1.54) is 15.2 Å². The molecule has 0 fully saturated rings. The predicted octanol–water partition coefficient (Wildman–Crippen LogP) is 4.99. The molecule has 0 N–H and O–H groups in total. The van der Waals surface area contributed by atoms with Gasteiger partial charge in [-0.2, -0.15) is 0 Å². The zero-order chi connectivity index (χ0) is 34.4. The first-order valence-electron chi connectivity index (χ1n) is 16.7. The molecule has 10 nitrogen and oxygen atoms in total. The summed E-state index contributed by atoms with van der Waals surface area (Å²) in [6.45, 7) is 15.6. The Labute approximate surface area is 274 Å². The van der Waals surface area contributed by atoms with Gasteiger partial charge in [-0.05, 0) is 100 Å². The Kier molecular flexibility index (Phi) is 16.1. The van der Waals surface area contributed by atoms with Crippen LogP contribution in [0.25, 0.3) is 0 Å². The zero-order valence-corrected chi connectivity index (χ0v) is 29.2. The van der Waals surface area contributed by atoms with Crippen LogP contribution in [0.4, 0.5) is 0 Å². The normalized spacial score (nSPS) is 12.8. The van der Waals surface area contributed by atoms with Crippen molar-refractivity contribution in [2.45, 2.75) is 105 Å². The lowest BCUT2D eigenvalue weighted by molar-refractivity contribution is -0.148. The number of hydrogen-bond acceptors (Lipinski definition) is 8. The van der Waals surface area contributed by atoms with E-state index < -0.39 is 18.1 Å². The van der Waals surface area contributed by atoms with Gasteiger partial charge in [0.1, 0.15) is 18.4 Å². The van der Waals surface area contributed by atoms with Gasteiger partial charge in [0.15, 0.2) is 0 Å². The highest BCUT2D eigenvalue weighted by molar-refractivity contribution is 5.74. The van der Waals surface area contributed by atoms with Gasteiger partial charge in [-0.3, -0.25) is 9.59 Å². The molecule has 46 heavy (non-hydrogen) atoms. The second-order valence-electron chi connectivity index (χ2n) is 13.1. The predicted molar refractivity (Wildman–Crippen MR) is 180 cm³/mol. The van der Waals surface area contributed by atoms with Crippen LogP contribution < -0.4 is 11.1 Å². The third-order valence-corrected chi connectivity index (χ3v) is 8.32. The zero-order valence-electron chi connectivity index (χ0n) is 29.2. The van der Waals surface area contributed by atoms with Gasteiger partial charge in [-0.25, -0.2) is 9.59 Å². The molecule has 2 aromatic heterocycles. The quantitative estimate of drug-likeness (QED) is 0.113. The summed E-state index contributed by atoms with van der Waals surface area (Å²) in [4.78, 5) is 65.0. The van der Waals surface area contributed by atoms with Crippen molar-refractivity contribution in [1.82, 2.24) is 14.0 Å². The van der Waals surface area contributed by atoms with Crippen LogP contribution in [0.1, 0.15) is 101 Å². The van der Waals surface area contributed by atoms with Gasteiger partial charge in [0.2, 0.25) is 0 Å². The molecule has 2 atom stereocenters. The first kappa shape index (κ1) is 38.7. The average molecular weight is 642 g/mol. The highest BCUT2D eigenvalue weighted by Crippen LogP contribution is 2.21. The van der Waals surface area contributed by atoms with Gasteiger partial charge in [0, 0.05) is 44.0 Å². The molecule has 0 saturated carbocycles. The molecule has 256 valence electrons. The molecule has 0 radical (unpaired) electrons. The molecular formula is C36H55N3O7. The van der Waals surface area contributed by atoms with E-state index in [1.54, 1.807) is 32.3 Å². The van der Waals surface area contributed by atoms with Gasteiger partial charge in [0.05, 0.1) is 13.2 Å². The maximum Gasteiger partial charge on any atom is 0.329 e. The van der Waals surface area contributed by atoms with Crippen LogP contribution in [-0.2, 0) is 36.7 Å². The topological polar surface area (TPSA) is 117 Å². The lowest BCUT2D eigenvalue weighted by Gasteiger charge is -2.22. The van der Waals surface area contributed by atoms with E-state index in [0.717, 1.165) is 41.4 Å². The first-order chi connectivity index (χ1) is 21.8. The molecule has 0 aromatic carbocycles. The fraction of sp³-hybridized carbons (Fsp3) is 0.639. The second-order valence-corrected chi connectivity index (χ2v) is 13.1. The van der Waals surface area contributed by atoms with E-state index >= 15 is 0 Å². The number of carbonyl (C=O) groups is 3. The molecule has 2 aromatic rings. The van der Waals surface area contributed by atoms with Gasteiger partial charge < -0.3 is 28.3 Å². The minimum Gasteiger partial charge on any atom is -0.464 e. The molecule has 0 bridgehead atoms. The van der Waals surface area contributed by atoms with Crippen LogP contribution in [0.15, 0.2) is 34.1 Å². The summed E-state index contributed by atoms with van der Waals surface area (Å²) in [5.74, 6) is -0.0913. The lowest BCUT2D eigenvalue weighted by atomic mass is 10.0. The number of aldehydes is 1. The summed E-state index contributed by atoms with van der Waals surface area (Å²) in [7, 11) is 1.99. The van der Waals surface area contributed by atoms with E-state index in [4.69, 9.17) is 9.47 Å². The summed E-state index contributed by atoms with van der Waals surface area (Å²) in [5.41, 5.74) is 2.82. The van der Waals surface area contributed by atoms with E-state index in [-0.39, 0.29) is 36.7 Å². The average Bonchev–Trinajstić information content (AvgIpc) is 2.97. The summed E-state index contributed by atoms with van der Waals surface area (Å²) in [6, 6.07) is 1.66. The highest BCUT2D eigenvalue weighted by Gasteiger charge is 2.25. The number of aryl methyl sites for hydroxylation is 2. The Bertz CT molecular complexity index is 1410. The van der Waals surface area contributed by atoms with Crippen molar-refractivity contribution in [2.75, 3.05) is 33.4 Å².